The van der Waals surface area contributed by atoms with E-state index in [4.69, 9.17) is 5.11 Å². The second-order valence-corrected chi connectivity index (χ2v) is 3.64. The normalized spacial score (nSPS) is 46.8. The van der Waals surface area contributed by atoms with Crippen LogP contribution >= 0.6 is 0 Å². The number of hydrogen-bond donors (Lipinski definition) is 1. The van der Waals surface area contributed by atoms with E-state index in [2.05, 4.69) is 11.9 Å². The first-order chi connectivity index (χ1) is 4.83. The Kier molecular flexibility index (Phi) is 1.46. The summed E-state index contributed by atoms with van der Waals surface area (Å²) < 4.78 is 0. The fraction of sp³-hybridized carbons (Fsp3) is 1.00. The van der Waals surface area contributed by atoms with Crippen molar-refractivity contribution >= 4 is 0 Å². The lowest BCUT2D eigenvalue weighted by Gasteiger charge is -2.30. The molecule has 0 aromatic heterocycles. The lowest BCUT2D eigenvalue weighted by Crippen LogP contribution is -2.39. The van der Waals surface area contributed by atoms with Crippen LogP contribution in [0.15, 0.2) is 0 Å². The highest BCUT2D eigenvalue weighted by Crippen LogP contribution is 2.40. The predicted octanol–water partition coefficient (Wildman–Crippen LogP) is 0.461. The van der Waals surface area contributed by atoms with Gasteiger partial charge in [-0.1, -0.05) is 0 Å². The topological polar surface area (TPSA) is 23.5 Å². The van der Waals surface area contributed by atoms with Crippen molar-refractivity contribution in [1.82, 2.24) is 4.90 Å². The van der Waals surface area contributed by atoms with E-state index in [0.717, 1.165) is 12.0 Å². The molecule has 0 radical (unpaired) electrons. The molecule has 2 bridgehead atoms. The highest BCUT2D eigenvalue weighted by molar-refractivity contribution is 4.97. The standard InChI is InChI=1S/C8H15NO/c1-9-7-3-2-6(4-7)8(9)5-10/h6-8,10H,2-5H2,1H3/t6?,7?,8-/m0/s1. The fourth-order valence-electron chi connectivity index (χ4n) is 2.59. The Balaban J connectivity index is 2.10. The van der Waals surface area contributed by atoms with Crippen LogP contribution in [0.3, 0.4) is 0 Å². The third-order valence-corrected chi connectivity index (χ3v) is 3.28. The van der Waals surface area contributed by atoms with E-state index in [1.807, 2.05) is 0 Å². The zero-order chi connectivity index (χ0) is 7.14. The van der Waals surface area contributed by atoms with Crippen molar-refractivity contribution in [3.8, 4) is 0 Å². The van der Waals surface area contributed by atoms with Crippen molar-refractivity contribution in [2.45, 2.75) is 31.3 Å². The van der Waals surface area contributed by atoms with E-state index in [-0.39, 0.29) is 0 Å². The number of piperidine rings is 1. The van der Waals surface area contributed by atoms with Crippen molar-refractivity contribution < 1.29 is 5.11 Å². The van der Waals surface area contributed by atoms with Gasteiger partial charge in [0, 0.05) is 12.1 Å². The van der Waals surface area contributed by atoms with E-state index in [0.29, 0.717) is 12.6 Å². The molecule has 3 atom stereocenters. The third kappa shape index (κ3) is 0.722. The van der Waals surface area contributed by atoms with Crippen LogP contribution in [0.4, 0.5) is 0 Å². The van der Waals surface area contributed by atoms with Gasteiger partial charge in [0.05, 0.1) is 6.61 Å². The predicted molar refractivity (Wildman–Crippen MR) is 39.8 cm³/mol. The van der Waals surface area contributed by atoms with Crippen molar-refractivity contribution in [2.75, 3.05) is 13.7 Å². The molecule has 2 aliphatic rings. The molecule has 1 heterocycles. The Morgan fingerprint density at radius 1 is 1.50 bits per heavy atom. The Morgan fingerprint density at radius 3 is 2.70 bits per heavy atom. The van der Waals surface area contributed by atoms with Crippen LogP contribution in [-0.4, -0.2) is 35.7 Å². The maximum Gasteiger partial charge on any atom is 0.0589 e. The molecule has 2 heteroatoms. The molecule has 1 saturated heterocycles. The van der Waals surface area contributed by atoms with Gasteiger partial charge in [0.15, 0.2) is 0 Å². The summed E-state index contributed by atoms with van der Waals surface area (Å²) >= 11 is 0. The Hall–Kier alpha value is -0.0800. The van der Waals surface area contributed by atoms with Crippen LogP contribution in [0.25, 0.3) is 0 Å². The van der Waals surface area contributed by atoms with Gasteiger partial charge in [0.25, 0.3) is 0 Å². The minimum Gasteiger partial charge on any atom is -0.395 e. The summed E-state index contributed by atoms with van der Waals surface area (Å²) in [5, 5.41) is 9.02. The van der Waals surface area contributed by atoms with Crippen molar-refractivity contribution in [3.63, 3.8) is 0 Å². The molecular formula is C8H15NO. The van der Waals surface area contributed by atoms with Gasteiger partial charge in [-0.3, -0.25) is 4.90 Å². The highest BCUT2D eigenvalue weighted by atomic mass is 16.3. The van der Waals surface area contributed by atoms with Crippen LogP contribution in [-0.2, 0) is 0 Å². The van der Waals surface area contributed by atoms with Gasteiger partial charge in [0.2, 0.25) is 0 Å². The average molecular weight is 141 g/mol. The molecule has 10 heavy (non-hydrogen) atoms. The second kappa shape index (κ2) is 2.21. The molecule has 2 nitrogen and oxygen atoms in total. The summed E-state index contributed by atoms with van der Waals surface area (Å²) in [7, 11) is 2.14. The zero-order valence-electron chi connectivity index (χ0n) is 6.45. The van der Waals surface area contributed by atoms with E-state index in [1.165, 1.54) is 19.3 Å². The fourth-order valence-corrected chi connectivity index (χ4v) is 2.59. The van der Waals surface area contributed by atoms with E-state index in [1.54, 1.807) is 0 Å². The summed E-state index contributed by atoms with van der Waals surface area (Å²) in [6.45, 7) is 0.359. The largest absolute Gasteiger partial charge is 0.395 e. The summed E-state index contributed by atoms with van der Waals surface area (Å²) in [6.07, 6.45) is 4.04. The molecule has 0 aromatic rings. The van der Waals surface area contributed by atoms with Crippen LogP contribution in [0, 0.1) is 5.92 Å². The van der Waals surface area contributed by atoms with Crippen LogP contribution in [0.2, 0.25) is 0 Å². The Bertz CT molecular complexity index is 135. The smallest absolute Gasteiger partial charge is 0.0589 e. The van der Waals surface area contributed by atoms with Crippen molar-refractivity contribution in [1.29, 1.82) is 0 Å². The first-order valence-electron chi connectivity index (χ1n) is 4.15. The maximum absolute atomic E-state index is 9.02. The number of hydrogen-bond acceptors (Lipinski definition) is 2. The van der Waals surface area contributed by atoms with Gasteiger partial charge in [-0.25, -0.2) is 0 Å². The van der Waals surface area contributed by atoms with Gasteiger partial charge >= 0.3 is 0 Å². The van der Waals surface area contributed by atoms with E-state index < -0.39 is 0 Å². The van der Waals surface area contributed by atoms with E-state index in [9.17, 15) is 0 Å². The molecule has 2 rings (SSSR count). The average Bonchev–Trinajstić information content (AvgIpc) is 2.46. The SMILES string of the molecule is CN1C2CCC(C2)[C@@H]1CO. The summed E-state index contributed by atoms with van der Waals surface area (Å²) in [5.41, 5.74) is 0. The molecular weight excluding hydrogens is 126 g/mol. The highest BCUT2D eigenvalue weighted by Gasteiger charge is 2.42. The minimum absolute atomic E-state index is 0.359. The van der Waals surface area contributed by atoms with Gasteiger partial charge in [0.1, 0.15) is 0 Å². The van der Waals surface area contributed by atoms with Crippen LogP contribution < -0.4 is 0 Å². The van der Waals surface area contributed by atoms with E-state index >= 15 is 0 Å². The van der Waals surface area contributed by atoms with Gasteiger partial charge in [-0.05, 0) is 32.2 Å². The number of likely N-dealkylation sites (N-methyl/N-ethyl adjacent to an activating group) is 1. The first kappa shape index (κ1) is 6.62. The molecule has 1 N–H and O–H groups in total. The number of rotatable bonds is 1. The second-order valence-electron chi connectivity index (χ2n) is 3.64. The lowest BCUT2D eigenvalue weighted by molar-refractivity contribution is 0.108. The number of aliphatic hydroxyl groups excluding tert-OH is 1. The summed E-state index contributed by atoms with van der Waals surface area (Å²) in [4.78, 5) is 2.36. The summed E-state index contributed by atoms with van der Waals surface area (Å²) in [6, 6.07) is 1.28. The van der Waals surface area contributed by atoms with Crippen LogP contribution in [0.5, 0.6) is 0 Å². The zero-order valence-corrected chi connectivity index (χ0v) is 6.45. The molecule has 0 aromatic carbocycles. The molecule has 58 valence electrons. The molecule has 1 aliphatic carbocycles. The molecule has 2 unspecified atom stereocenters. The summed E-state index contributed by atoms with van der Waals surface area (Å²) in [5.74, 6) is 0.806. The number of fused-ring (bicyclic) bond motifs is 2. The number of aliphatic hydroxyl groups is 1. The van der Waals surface area contributed by atoms with Crippen molar-refractivity contribution in [2.24, 2.45) is 5.92 Å². The molecule has 2 fully saturated rings. The molecule has 1 saturated carbocycles. The number of nitrogens with zero attached hydrogens (tertiary/aromatic N) is 1. The van der Waals surface area contributed by atoms with Crippen LogP contribution in [0.1, 0.15) is 19.3 Å². The maximum atomic E-state index is 9.02. The molecule has 0 spiro atoms. The quantitative estimate of drug-likeness (QED) is 0.573. The third-order valence-electron chi connectivity index (χ3n) is 3.28. The lowest BCUT2D eigenvalue weighted by atomic mass is 10.0. The number of likely N-dealkylation sites (tertiary alicyclic amines) is 1. The molecule has 0 amide bonds. The van der Waals surface area contributed by atoms with Gasteiger partial charge < -0.3 is 5.11 Å². The Morgan fingerprint density at radius 2 is 2.30 bits per heavy atom. The van der Waals surface area contributed by atoms with Crippen molar-refractivity contribution in [3.05, 3.63) is 0 Å². The van der Waals surface area contributed by atoms with Gasteiger partial charge in [-0.15, -0.1) is 0 Å². The first-order valence-corrected chi connectivity index (χ1v) is 4.15. The molecule has 1 aliphatic heterocycles. The van der Waals surface area contributed by atoms with Gasteiger partial charge in [-0.2, -0.15) is 0 Å². The minimum atomic E-state index is 0.359. The Labute approximate surface area is 61.8 Å². The monoisotopic (exact) mass is 141 g/mol.